The molecule has 0 atom stereocenters. The van der Waals surface area contributed by atoms with Gasteiger partial charge in [0.2, 0.25) is 0 Å². The van der Waals surface area contributed by atoms with E-state index in [9.17, 15) is 8.42 Å². The summed E-state index contributed by atoms with van der Waals surface area (Å²) in [6.07, 6.45) is 0. The zero-order valence-corrected chi connectivity index (χ0v) is 21.3. The van der Waals surface area contributed by atoms with Crippen LogP contribution in [0.3, 0.4) is 0 Å². The number of anilines is 3. The third kappa shape index (κ3) is 5.02. The zero-order valence-electron chi connectivity index (χ0n) is 18.8. The van der Waals surface area contributed by atoms with Crippen LogP contribution >= 0.6 is 15.9 Å². The Balaban J connectivity index is 1.81. The lowest BCUT2D eigenvalue weighted by molar-refractivity contribution is 0.584. The summed E-state index contributed by atoms with van der Waals surface area (Å²) in [5, 5.41) is 3.21. The minimum absolute atomic E-state index is 0.130. The fourth-order valence-electron chi connectivity index (χ4n) is 3.39. The van der Waals surface area contributed by atoms with Crippen molar-refractivity contribution < 1.29 is 8.42 Å². The Kier molecular flexibility index (Phi) is 6.16. The molecule has 0 spiro atoms. The highest BCUT2D eigenvalue weighted by molar-refractivity contribution is 9.10. The van der Waals surface area contributed by atoms with E-state index in [4.69, 9.17) is 0 Å². The molecule has 33 heavy (non-hydrogen) atoms. The maximum Gasteiger partial charge on any atom is 0.263 e. The molecular formula is C25H25BrN4O2S. The molecule has 8 heteroatoms. The maximum absolute atomic E-state index is 13.5. The lowest BCUT2D eigenvalue weighted by Gasteiger charge is -2.21. The smallest absolute Gasteiger partial charge is 0.263 e. The summed E-state index contributed by atoms with van der Waals surface area (Å²) >= 11 is 3.51. The Labute approximate surface area is 202 Å². The van der Waals surface area contributed by atoms with Crippen molar-refractivity contribution in [1.82, 2.24) is 9.97 Å². The van der Waals surface area contributed by atoms with Crippen molar-refractivity contribution in [1.29, 1.82) is 0 Å². The second kappa shape index (κ2) is 8.76. The average molecular weight is 525 g/mol. The molecule has 1 heterocycles. The van der Waals surface area contributed by atoms with Crippen LogP contribution < -0.4 is 10.0 Å². The van der Waals surface area contributed by atoms with Crippen molar-refractivity contribution in [2.75, 3.05) is 10.0 Å². The van der Waals surface area contributed by atoms with E-state index < -0.39 is 10.0 Å². The molecule has 0 saturated heterocycles. The number of benzene rings is 3. The Hall–Kier alpha value is -2.97. The third-order valence-corrected chi connectivity index (χ3v) is 7.44. The lowest BCUT2D eigenvalue weighted by Crippen LogP contribution is -2.19. The maximum atomic E-state index is 13.5. The summed E-state index contributed by atoms with van der Waals surface area (Å²) in [5.41, 5.74) is 3.39. The third-order valence-electron chi connectivity index (χ3n) is 5.27. The number of para-hydroxylation sites is 3. The van der Waals surface area contributed by atoms with Crippen LogP contribution in [-0.4, -0.2) is 18.4 Å². The minimum Gasteiger partial charge on any atom is -0.336 e. The second-order valence-corrected chi connectivity index (χ2v) is 11.4. The van der Waals surface area contributed by atoms with Crippen LogP contribution in [0.5, 0.6) is 0 Å². The first-order valence-corrected chi connectivity index (χ1v) is 12.7. The Morgan fingerprint density at radius 3 is 2.09 bits per heavy atom. The predicted molar refractivity (Wildman–Crippen MR) is 138 cm³/mol. The summed E-state index contributed by atoms with van der Waals surface area (Å²) < 4.78 is 30.5. The molecule has 0 aliphatic carbocycles. The first-order chi connectivity index (χ1) is 15.5. The average Bonchev–Trinajstić information content (AvgIpc) is 2.75. The molecule has 0 fully saturated rings. The largest absolute Gasteiger partial charge is 0.336 e. The summed E-state index contributed by atoms with van der Waals surface area (Å²) in [6, 6.07) is 20.4. The molecule has 6 nitrogen and oxygen atoms in total. The minimum atomic E-state index is -3.92. The van der Waals surface area contributed by atoms with E-state index in [-0.39, 0.29) is 16.1 Å². The van der Waals surface area contributed by atoms with Gasteiger partial charge in [0.25, 0.3) is 10.0 Å². The molecule has 3 aromatic carbocycles. The van der Waals surface area contributed by atoms with Crippen molar-refractivity contribution in [2.45, 2.75) is 38.0 Å². The van der Waals surface area contributed by atoms with Gasteiger partial charge in [-0.25, -0.2) is 18.4 Å². The number of rotatable bonds is 5. The van der Waals surface area contributed by atoms with Gasteiger partial charge < -0.3 is 5.32 Å². The van der Waals surface area contributed by atoms with Crippen molar-refractivity contribution in [2.24, 2.45) is 0 Å². The summed E-state index contributed by atoms with van der Waals surface area (Å²) in [4.78, 5) is 9.45. The van der Waals surface area contributed by atoms with E-state index in [1.807, 2.05) is 54.6 Å². The van der Waals surface area contributed by atoms with Crippen molar-refractivity contribution in [3.8, 4) is 0 Å². The Morgan fingerprint density at radius 1 is 0.848 bits per heavy atom. The summed E-state index contributed by atoms with van der Waals surface area (Å²) in [6.45, 7) is 7.94. The molecule has 170 valence electrons. The van der Waals surface area contributed by atoms with Crippen molar-refractivity contribution in [3.05, 3.63) is 82.3 Å². The molecule has 4 aromatic rings. The molecule has 0 bridgehead atoms. The predicted octanol–water partition coefficient (Wildman–Crippen LogP) is 6.54. The number of sulfonamides is 1. The molecule has 0 unspecified atom stereocenters. The van der Waals surface area contributed by atoms with Gasteiger partial charge in [-0.2, -0.15) is 0 Å². The highest BCUT2D eigenvalue weighted by Crippen LogP contribution is 2.32. The quantitative estimate of drug-likeness (QED) is 0.309. The standard InChI is InChI=1S/C25H25BrN4O2S/c1-16-13-14-17(25(2,3)4)15-22(16)33(31,32)30-24-23(27-19-10-6-5-9-18(19)26)28-20-11-7-8-12-21(20)29-24/h5-15H,1-4H3,(H,27,28)(H,29,30). The van der Waals surface area contributed by atoms with Crippen LogP contribution in [0.1, 0.15) is 31.9 Å². The number of hydrogen-bond donors (Lipinski definition) is 2. The molecular weight excluding hydrogens is 500 g/mol. The number of hydrogen-bond acceptors (Lipinski definition) is 5. The van der Waals surface area contributed by atoms with Crippen LogP contribution in [0.15, 0.2) is 76.1 Å². The molecule has 0 radical (unpaired) electrons. The van der Waals surface area contributed by atoms with Gasteiger partial charge in [0.05, 0.1) is 21.6 Å². The van der Waals surface area contributed by atoms with Crippen LogP contribution in [-0.2, 0) is 15.4 Å². The summed E-state index contributed by atoms with van der Waals surface area (Å²) in [5.74, 6) is 0.443. The normalized spacial score (nSPS) is 12.0. The SMILES string of the molecule is Cc1ccc(C(C)(C)C)cc1S(=O)(=O)Nc1nc2ccccc2nc1Nc1ccccc1Br. The van der Waals surface area contributed by atoms with E-state index in [1.54, 1.807) is 19.1 Å². The monoisotopic (exact) mass is 524 g/mol. The molecule has 1 aromatic heterocycles. The van der Waals surface area contributed by atoms with E-state index in [1.165, 1.54) is 0 Å². The lowest BCUT2D eigenvalue weighted by atomic mass is 9.87. The topological polar surface area (TPSA) is 84.0 Å². The van der Waals surface area contributed by atoms with Gasteiger partial charge in [-0.1, -0.05) is 57.2 Å². The number of nitrogens with one attached hydrogen (secondary N) is 2. The van der Waals surface area contributed by atoms with Crippen LogP contribution in [0.4, 0.5) is 17.3 Å². The van der Waals surface area contributed by atoms with E-state index >= 15 is 0 Å². The van der Waals surface area contributed by atoms with Crippen LogP contribution in [0, 0.1) is 6.92 Å². The number of aryl methyl sites for hydroxylation is 1. The van der Waals surface area contributed by atoms with Gasteiger partial charge in [-0.3, -0.25) is 4.72 Å². The van der Waals surface area contributed by atoms with Crippen molar-refractivity contribution >= 4 is 54.3 Å². The highest BCUT2D eigenvalue weighted by atomic mass is 79.9. The first-order valence-electron chi connectivity index (χ1n) is 10.5. The number of fused-ring (bicyclic) bond motifs is 1. The first kappa shape index (κ1) is 23.2. The molecule has 0 saturated carbocycles. The van der Waals surface area contributed by atoms with E-state index in [0.29, 0.717) is 22.4 Å². The molecule has 4 rings (SSSR count). The van der Waals surface area contributed by atoms with Gasteiger partial charge in [0.15, 0.2) is 11.6 Å². The fourth-order valence-corrected chi connectivity index (χ4v) is 5.05. The molecule has 0 aliphatic heterocycles. The highest BCUT2D eigenvalue weighted by Gasteiger charge is 2.24. The molecule has 0 aliphatic rings. The van der Waals surface area contributed by atoms with Gasteiger partial charge in [-0.05, 0) is 69.7 Å². The van der Waals surface area contributed by atoms with Gasteiger partial charge in [0.1, 0.15) is 0 Å². The van der Waals surface area contributed by atoms with E-state index in [0.717, 1.165) is 15.7 Å². The fraction of sp³-hybridized carbons (Fsp3) is 0.200. The summed E-state index contributed by atoms with van der Waals surface area (Å²) in [7, 11) is -3.92. The Morgan fingerprint density at radius 2 is 1.45 bits per heavy atom. The molecule has 2 N–H and O–H groups in total. The van der Waals surface area contributed by atoms with Crippen molar-refractivity contribution in [3.63, 3.8) is 0 Å². The molecule has 0 amide bonds. The van der Waals surface area contributed by atoms with Gasteiger partial charge >= 0.3 is 0 Å². The van der Waals surface area contributed by atoms with Crippen LogP contribution in [0.2, 0.25) is 0 Å². The number of aromatic nitrogens is 2. The van der Waals surface area contributed by atoms with E-state index in [2.05, 4.69) is 56.7 Å². The Bertz CT molecular complexity index is 1450. The number of halogens is 1. The number of nitrogens with zero attached hydrogens (tertiary/aromatic N) is 2. The van der Waals surface area contributed by atoms with Gasteiger partial charge in [0, 0.05) is 4.47 Å². The second-order valence-electron chi connectivity index (χ2n) is 8.85. The van der Waals surface area contributed by atoms with Crippen LogP contribution in [0.25, 0.3) is 11.0 Å². The zero-order chi connectivity index (χ0) is 23.8. The van der Waals surface area contributed by atoms with Gasteiger partial charge in [-0.15, -0.1) is 0 Å².